The van der Waals surface area contributed by atoms with Crippen molar-refractivity contribution in [1.29, 1.82) is 0 Å². The number of hydrogen-bond donors (Lipinski definition) is 1. The van der Waals surface area contributed by atoms with E-state index in [1.54, 1.807) is 10.9 Å². The number of rotatable bonds is 1. The van der Waals surface area contributed by atoms with Crippen molar-refractivity contribution in [2.75, 3.05) is 0 Å². The average molecular weight is 163 g/mol. The summed E-state index contributed by atoms with van der Waals surface area (Å²) in [6.07, 6.45) is 1.62. The van der Waals surface area contributed by atoms with E-state index < -0.39 is 0 Å². The Hall–Kier alpha value is -0.150. The Morgan fingerprint density at radius 1 is 1.89 bits per heavy atom. The summed E-state index contributed by atoms with van der Waals surface area (Å²) in [6.45, 7) is 0. The van der Waals surface area contributed by atoms with Crippen molar-refractivity contribution in [2.24, 2.45) is 7.05 Å². The molecule has 0 aromatic carbocycles. The number of nitrogens with zero attached hydrogens (tertiary/aromatic N) is 2. The second kappa shape index (κ2) is 2.62. The minimum Gasteiger partial charge on any atom is -0.270 e. The van der Waals surface area contributed by atoms with E-state index in [0.717, 1.165) is 5.69 Å². The van der Waals surface area contributed by atoms with Gasteiger partial charge in [0, 0.05) is 12.8 Å². The van der Waals surface area contributed by atoms with Crippen molar-refractivity contribution in [3.05, 3.63) is 16.9 Å². The third-order valence-corrected chi connectivity index (χ3v) is 1.78. The molecule has 0 amide bonds. The number of halogens is 1. The minimum absolute atomic E-state index is 0.634. The molecule has 2 nitrogen and oxygen atoms in total. The molecule has 0 N–H and O–H groups in total. The predicted octanol–water partition coefficient (Wildman–Crippen LogP) is 1.50. The van der Waals surface area contributed by atoms with E-state index in [2.05, 4.69) is 17.7 Å². The topological polar surface area (TPSA) is 17.8 Å². The van der Waals surface area contributed by atoms with E-state index in [1.807, 2.05) is 7.05 Å². The smallest absolute Gasteiger partial charge is 0.0826 e. The van der Waals surface area contributed by atoms with Crippen molar-refractivity contribution in [3.63, 3.8) is 0 Å². The molecule has 4 heteroatoms. The summed E-state index contributed by atoms with van der Waals surface area (Å²) in [4.78, 5) is 0. The van der Waals surface area contributed by atoms with Gasteiger partial charge in [0.05, 0.1) is 16.9 Å². The summed E-state index contributed by atoms with van der Waals surface area (Å²) < 4.78 is 1.72. The average Bonchev–Trinajstić information content (AvgIpc) is 2.12. The largest absolute Gasteiger partial charge is 0.270 e. The standard InChI is InChI=1S/C5H7ClN2S/c1-8-5(3-9)4(6)2-7-8/h2,9H,3H2,1H3. The van der Waals surface area contributed by atoms with Crippen LogP contribution in [0, 0.1) is 0 Å². The molecule has 0 aliphatic carbocycles. The minimum atomic E-state index is 0.634. The second-order valence-corrected chi connectivity index (χ2v) is 2.44. The van der Waals surface area contributed by atoms with E-state index in [0.29, 0.717) is 10.8 Å². The molecule has 1 aromatic rings. The van der Waals surface area contributed by atoms with Gasteiger partial charge in [-0.05, 0) is 0 Å². The van der Waals surface area contributed by atoms with E-state index in [-0.39, 0.29) is 0 Å². The fraction of sp³-hybridized carbons (Fsp3) is 0.400. The normalized spacial score (nSPS) is 10.1. The van der Waals surface area contributed by atoms with E-state index in [4.69, 9.17) is 11.6 Å². The molecule has 50 valence electrons. The molecule has 1 aromatic heterocycles. The highest BCUT2D eigenvalue weighted by Gasteiger charge is 2.01. The first-order valence-corrected chi connectivity index (χ1v) is 3.54. The van der Waals surface area contributed by atoms with Crippen molar-refractivity contribution < 1.29 is 0 Å². The van der Waals surface area contributed by atoms with Gasteiger partial charge in [-0.3, -0.25) is 4.68 Å². The highest BCUT2D eigenvalue weighted by molar-refractivity contribution is 7.79. The van der Waals surface area contributed by atoms with Crippen LogP contribution in [-0.2, 0) is 12.8 Å². The molecular weight excluding hydrogens is 156 g/mol. The maximum Gasteiger partial charge on any atom is 0.0826 e. The van der Waals surface area contributed by atoms with Gasteiger partial charge in [-0.1, -0.05) is 11.6 Å². The lowest BCUT2D eigenvalue weighted by atomic mass is 10.5. The van der Waals surface area contributed by atoms with Gasteiger partial charge in [0.25, 0.3) is 0 Å². The van der Waals surface area contributed by atoms with Crippen LogP contribution in [0.1, 0.15) is 5.69 Å². The zero-order valence-electron chi connectivity index (χ0n) is 5.00. The summed E-state index contributed by atoms with van der Waals surface area (Å²) in [7, 11) is 1.84. The monoisotopic (exact) mass is 162 g/mol. The highest BCUT2D eigenvalue weighted by atomic mass is 35.5. The Bertz CT molecular complexity index is 189. The van der Waals surface area contributed by atoms with Crippen LogP contribution in [-0.4, -0.2) is 9.78 Å². The van der Waals surface area contributed by atoms with E-state index in [1.165, 1.54) is 0 Å². The van der Waals surface area contributed by atoms with Crippen LogP contribution in [0.25, 0.3) is 0 Å². The molecular formula is C5H7ClN2S. The molecule has 0 radical (unpaired) electrons. The lowest BCUT2D eigenvalue weighted by molar-refractivity contribution is 0.737. The first-order chi connectivity index (χ1) is 4.25. The van der Waals surface area contributed by atoms with Gasteiger partial charge < -0.3 is 0 Å². The van der Waals surface area contributed by atoms with Gasteiger partial charge in [0.2, 0.25) is 0 Å². The SMILES string of the molecule is Cn1ncc(Cl)c1CS. The molecule has 0 fully saturated rings. The summed E-state index contributed by atoms with van der Waals surface area (Å²) in [5.74, 6) is 0.634. The quantitative estimate of drug-likeness (QED) is 0.620. The summed E-state index contributed by atoms with van der Waals surface area (Å²) in [5, 5.41) is 4.61. The van der Waals surface area contributed by atoms with Crippen LogP contribution in [0.5, 0.6) is 0 Å². The number of aromatic nitrogens is 2. The van der Waals surface area contributed by atoms with E-state index in [9.17, 15) is 0 Å². The zero-order chi connectivity index (χ0) is 6.85. The predicted molar refractivity (Wildman–Crippen MR) is 40.9 cm³/mol. The first-order valence-electron chi connectivity index (χ1n) is 2.53. The molecule has 0 unspecified atom stereocenters. The molecule has 0 atom stereocenters. The first kappa shape index (κ1) is 6.96. The van der Waals surface area contributed by atoms with Crippen molar-refractivity contribution in [3.8, 4) is 0 Å². The fourth-order valence-electron chi connectivity index (χ4n) is 0.614. The lowest BCUT2D eigenvalue weighted by Gasteiger charge is -1.94. The number of hydrogen-bond acceptors (Lipinski definition) is 2. The molecule has 0 saturated heterocycles. The van der Waals surface area contributed by atoms with Gasteiger partial charge >= 0.3 is 0 Å². The highest BCUT2D eigenvalue weighted by Crippen LogP contribution is 2.14. The Morgan fingerprint density at radius 3 is 2.78 bits per heavy atom. The van der Waals surface area contributed by atoms with E-state index >= 15 is 0 Å². The van der Waals surface area contributed by atoms with Gasteiger partial charge in [-0.2, -0.15) is 17.7 Å². The Balaban J connectivity index is 3.07. The number of thiol groups is 1. The Kier molecular flexibility index (Phi) is 2.03. The van der Waals surface area contributed by atoms with Crippen molar-refractivity contribution in [2.45, 2.75) is 5.75 Å². The molecule has 9 heavy (non-hydrogen) atoms. The molecule has 1 heterocycles. The molecule has 0 aliphatic rings. The van der Waals surface area contributed by atoms with Crippen molar-refractivity contribution in [1.82, 2.24) is 9.78 Å². The molecule has 0 saturated carbocycles. The van der Waals surface area contributed by atoms with Crippen LogP contribution >= 0.6 is 24.2 Å². The summed E-state index contributed by atoms with van der Waals surface area (Å²) in [6, 6.07) is 0. The molecule has 0 bridgehead atoms. The third-order valence-electron chi connectivity index (χ3n) is 1.16. The molecule has 0 spiro atoms. The molecule has 0 aliphatic heterocycles. The van der Waals surface area contributed by atoms with Gasteiger partial charge in [-0.15, -0.1) is 0 Å². The summed E-state index contributed by atoms with van der Waals surface area (Å²) >= 11 is 9.78. The molecule has 1 rings (SSSR count). The maximum absolute atomic E-state index is 5.71. The second-order valence-electron chi connectivity index (χ2n) is 1.72. The lowest BCUT2D eigenvalue weighted by Crippen LogP contribution is -1.94. The van der Waals surface area contributed by atoms with Crippen molar-refractivity contribution >= 4 is 24.2 Å². The maximum atomic E-state index is 5.71. The third kappa shape index (κ3) is 1.22. The zero-order valence-corrected chi connectivity index (χ0v) is 6.65. The summed E-state index contributed by atoms with van der Waals surface area (Å²) in [5.41, 5.74) is 0.958. The van der Waals surface area contributed by atoms with Crippen LogP contribution < -0.4 is 0 Å². The van der Waals surface area contributed by atoms with Crippen LogP contribution in [0.4, 0.5) is 0 Å². The van der Waals surface area contributed by atoms with Crippen LogP contribution in [0.2, 0.25) is 5.02 Å². The Labute approximate surface area is 64.2 Å². The Morgan fingerprint density at radius 2 is 2.56 bits per heavy atom. The van der Waals surface area contributed by atoms with Crippen LogP contribution in [0.3, 0.4) is 0 Å². The van der Waals surface area contributed by atoms with Gasteiger partial charge in [0.15, 0.2) is 0 Å². The van der Waals surface area contributed by atoms with Gasteiger partial charge in [0.1, 0.15) is 0 Å². The fourth-order valence-corrected chi connectivity index (χ4v) is 1.31. The number of aryl methyl sites for hydroxylation is 1. The van der Waals surface area contributed by atoms with Crippen LogP contribution in [0.15, 0.2) is 6.20 Å². The van der Waals surface area contributed by atoms with Gasteiger partial charge in [-0.25, -0.2) is 0 Å².